The molecule has 1 aromatic carbocycles. The van der Waals surface area contributed by atoms with Gasteiger partial charge in [0.15, 0.2) is 0 Å². The second kappa shape index (κ2) is 10.4. The van der Waals surface area contributed by atoms with Gasteiger partial charge in [-0.3, -0.25) is 14.6 Å². The molecule has 4 aromatic rings. The summed E-state index contributed by atoms with van der Waals surface area (Å²) in [6.45, 7) is 1.26. The molecule has 3 aromatic heterocycles. The van der Waals surface area contributed by atoms with Crippen LogP contribution in [-0.4, -0.2) is 76.8 Å². The van der Waals surface area contributed by atoms with E-state index in [0.29, 0.717) is 23.8 Å². The zero-order valence-corrected chi connectivity index (χ0v) is 21.3. The standard InChI is InChI=1S/C28H25ClN6O2/c1-33(2)17-24(36)34-11-12-35(25(37)18-34)22-7-3-6-20(13-22)23-16-32-28-26(27(23)29)21(15-31-28)9-8-19-5-4-10-30-14-19/h3-7,10,13-16H,11-12,17-18H2,1-2H3,(H,31,32). The fourth-order valence-corrected chi connectivity index (χ4v) is 4.65. The SMILES string of the molecule is CN(C)CC(=O)N1CCN(c2cccc(-c3cnc4[nH]cc(C#Cc5cccnc5)c4c3Cl)c2)C(=O)C1. The lowest BCUT2D eigenvalue weighted by atomic mass is 10.0. The van der Waals surface area contributed by atoms with E-state index < -0.39 is 0 Å². The van der Waals surface area contributed by atoms with Crippen molar-refractivity contribution in [2.75, 3.05) is 45.2 Å². The minimum absolute atomic E-state index is 0.0492. The van der Waals surface area contributed by atoms with Crippen molar-refractivity contribution < 1.29 is 9.59 Å². The van der Waals surface area contributed by atoms with Crippen molar-refractivity contribution >= 4 is 40.1 Å². The number of likely N-dealkylation sites (N-methyl/N-ethyl adjacent to an activating group) is 1. The number of nitrogens with zero attached hydrogens (tertiary/aromatic N) is 5. The summed E-state index contributed by atoms with van der Waals surface area (Å²) in [5.41, 5.74) is 4.52. The third-order valence-corrected chi connectivity index (χ3v) is 6.53. The van der Waals surface area contributed by atoms with Gasteiger partial charge in [-0.1, -0.05) is 35.6 Å². The zero-order valence-electron chi connectivity index (χ0n) is 20.5. The number of pyridine rings is 2. The summed E-state index contributed by atoms with van der Waals surface area (Å²) < 4.78 is 0. The number of H-pyrrole nitrogens is 1. The molecular formula is C28H25ClN6O2. The van der Waals surface area contributed by atoms with Crippen LogP contribution in [0.15, 0.2) is 61.2 Å². The number of hydrogen-bond donors (Lipinski definition) is 1. The van der Waals surface area contributed by atoms with Crippen LogP contribution in [-0.2, 0) is 9.59 Å². The van der Waals surface area contributed by atoms with Gasteiger partial charge >= 0.3 is 0 Å². The van der Waals surface area contributed by atoms with Gasteiger partial charge in [-0.05, 0) is 43.9 Å². The second-order valence-corrected chi connectivity index (χ2v) is 9.43. The van der Waals surface area contributed by atoms with Crippen LogP contribution >= 0.6 is 11.6 Å². The van der Waals surface area contributed by atoms with E-state index in [9.17, 15) is 9.59 Å². The normalized spacial score (nSPS) is 13.7. The van der Waals surface area contributed by atoms with Gasteiger partial charge in [0.05, 0.1) is 22.5 Å². The summed E-state index contributed by atoms with van der Waals surface area (Å²) in [5.74, 6) is 6.11. The third-order valence-electron chi connectivity index (χ3n) is 6.13. The molecule has 9 heteroatoms. The molecule has 186 valence electrons. The van der Waals surface area contributed by atoms with Gasteiger partial charge in [0, 0.05) is 54.7 Å². The van der Waals surface area contributed by atoms with Gasteiger partial charge in [-0.15, -0.1) is 0 Å². The van der Waals surface area contributed by atoms with E-state index in [1.54, 1.807) is 39.5 Å². The first-order chi connectivity index (χ1) is 17.9. The predicted molar refractivity (Wildman–Crippen MR) is 144 cm³/mol. The second-order valence-electron chi connectivity index (χ2n) is 9.05. The van der Waals surface area contributed by atoms with Crippen LogP contribution < -0.4 is 4.90 Å². The Kier molecular flexibility index (Phi) is 6.91. The molecule has 1 fully saturated rings. The van der Waals surface area contributed by atoms with Crippen molar-refractivity contribution in [2.24, 2.45) is 0 Å². The van der Waals surface area contributed by atoms with Crippen molar-refractivity contribution in [1.82, 2.24) is 24.8 Å². The number of fused-ring (bicyclic) bond motifs is 1. The number of hydrogen-bond acceptors (Lipinski definition) is 5. The molecule has 0 aliphatic carbocycles. The van der Waals surface area contributed by atoms with Crippen molar-refractivity contribution in [3.63, 3.8) is 0 Å². The molecule has 0 spiro atoms. The highest BCUT2D eigenvalue weighted by Gasteiger charge is 2.28. The van der Waals surface area contributed by atoms with Gasteiger partial charge in [0.25, 0.3) is 0 Å². The van der Waals surface area contributed by atoms with Crippen LogP contribution in [0.5, 0.6) is 0 Å². The Labute approximate surface area is 219 Å². The summed E-state index contributed by atoms with van der Waals surface area (Å²) in [6.07, 6.45) is 6.93. The number of benzene rings is 1. The summed E-state index contributed by atoms with van der Waals surface area (Å²) in [6, 6.07) is 11.4. The van der Waals surface area contributed by atoms with Crippen molar-refractivity contribution in [2.45, 2.75) is 0 Å². The molecule has 0 saturated carbocycles. The maximum atomic E-state index is 12.9. The molecular weight excluding hydrogens is 488 g/mol. The van der Waals surface area contributed by atoms with E-state index in [4.69, 9.17) is 11.6 Å². The number of piperazine rings is 1. The molecule has 1 saturated heterocycles. The Hall–Kier alpha value is -4.19. The Morgan fingerprint density at radius 2 is 2.03 bits per heavy atom. The smallest absolute Gasteiger partial charge is 0.246 e. The van der Waals surface area contributed by atoms with E-state index in [1.807, 2.05) is 50.5 Å². The number of aromatic nitrogens is 3. The topological polar surface area (TPSA) is 85.4 Å². The molecule has 37 heavy (non-hydrogen) atoms. The van der Waals surface area contributed by atoms with Crippen LogP contribution in [0.1, 0.15) is 11.1 Å². The van der Waals surface area contributed by atoms with Gasteiger partial charge < -0.3 is 19.7 Å². The molecule has 0 atom stereocenters. The number of carbonyl (C=O) groups is 2. The Morgan fingerprint density at radius 1 is 1.16 bits per heavy atom. The first-order valence-electron chi connectivity index (χ1n) is 11.8. The Bertz CT molecular complexity index is 1540. The highest BCUT2D eigenvalue weighted by molar-refractivity contribution is 6.38. The fourth-order valence-electron chi connectivity index (χ4n) is 4.30. The maximum Gasteiger partial charge on any atom is 0.246 e. The average molecular weight is 513 g/mol. The lowest BCUT2D eigenvalue weighted by Gasteiger charge is -2.35. The average Bonchev–Trinajstić information content (AvgIpc) is 3.32. The number of carbonyl (C=O) groups excluding carboxylic acids is 2. The molecule has 8 nitrogen and oxygen atoms in total. The van der Waals surface area contributed by atoms with Crippen molar-refractivity contribution in [1.29, 1.82) is 0 Å². The molecule has 1 N–H and O–H groups in total. The monoisotopic (exact) mass is 512 g/mol. The minimum Gasteiger partial charge on any atom is -0.345 e. The van der Waals surface area contributed by atoms with Crippen LogP contribution in [0.2, 0.25) is 5.02 Å². The van der Waals surface area contributed by atoms with Crippen molar-refractivity contribution in [3.8, 4) is 23.0 Å². The largest absolute Gasteiger partial charge is 0.345 e. The maximum absolute atomic E-state index is 12.9. The molecule has 0 bridgehead atoms. The number of halogens is 1. The van der Waals surface area contributed by atoms with E-state index >= 15 is 0 Å². The summed E-state index contributed by atoms with van der Waals surface area (Å²) in [4.78, 5) is 42.2. The van der Waals surface area contributed by atoms with E-state index in [2.05, 4.69) is 26.8 Å². The highest BCUT2D eigenvalue weighted by Crippen LogP contribution is 2.36. The van der Waals surface area contributed by atoms with Gasteiger partial charge in [0.2, 0.25) is 11.8 Å². The van der Waals surface area contributed by atoms with Gasteiger partial charge in [0.1, 0.15) is 12.2 Å². The van der Waals surface area contributed by atoms with E-state index in [1.165, 1.54) is 0 Å². The lowest BCUT2D eigenvalue weighted by molar-refractivity contribution is -0.137. The van der Waals surface area contributed by atoms with Crippen LogP contribution in [0.25, 0.3) is 22.2 Å². The third kappa shape index (κ3) is 5.19. The number of anilines is 1. The van der Waals surface area contributed by atoms with Crippen LogP contribution in [0.4, 0.5) is 5.69 Å². The van der Waals surface area contributed by atoms with Gasteiger partial charge in [-0.2, -0.15) is 0 Å². The van der Waals surface area contributed by atoms with Gasteiger partial charge in [-0.25, -0.2) is 4.98 Å². The molecule has 0 unspecified atom stereocenters. The summed E-state index contributed by atoms with van der Waals surface area (Å²) >= 11 is 6.90. The molecule has 0 radical (unpaired) electrons. The Balaban J connectivity index is 1.42. The quantitative estimate of drug-likeness (QED) is 0.423. The number of amides is 2. The fraction of sp³-hybridized carbons (Fsp3) is 0.214. The zero-order chi connectivity index (χ0) is 25.9. The molecule has 4 heterocycles. The molecule has 1 aliphatic heterocycles. The summed E-state index contributed by atoms with van der Waals surface area (Å²) in [5, 5.41) is 1.27. The Morgan fingerprint density at radius 3 is 2.78 bits per heavy atom. The molecule has 2 amide bonds. The highest BCUT2D eigenvalue weighted by atomic mass is 35.5. The van der Waals surface area contributed by atoms with E-state index in [-0.39, 0.29) is 24.9 Å². The van der Waals surface area contributed by atoms with Crippen LogP contribution in [0, 0.1) is 11.8 Å². The first-order valence-corrected chi connectivity index (χ1v) is 12.2. The van der Waals surface area contributed by atoms with Crippen molar-refractivity contribution in [3.05, 3.63) is 77.3 Å². The number of nitrogens with one attached hydrogen (secondary N) is 1. The molecule has 5 rings (SSSR count). The first kappa shape index (κ1) is 24.5. The lowest BCUT2D eigenvalue weighted by Crippen LogP contribution is -2.53. The van der Waals surface area contributed by atoms with E-state index in [0.717, 1.165) is 33.3 Å². The summed E-state index contributed by atoms with van der Waals surface area (Å²) in [7, 11) is 3.67. The molecule has 1 aliphatic rings. The minimum atomic E-state index is -0.117. The van der Waals surface area contributed by atoms with Crippen LogP contribution in [0.3, 0.4) is 0 Å². The number of aromatic amines is 1. The predicted octanol–water partition coefficient (Wildman–Crippen LogP) is 3.41. The number of rotatable bonds is 4.